The number of benzene rings is 1. The van der Waals surface area contributed by atoms with Gasteiger partial charge in [0.25, 0.3) is 0 Å². The lowest BCUT2D eigenvalue weighted by molar-refractivity contribution is -0.348. The maximum absolute atomic E-state index is 12.3. The van der Waals surface area contributed by atoms with E-state index in [0.717, 1.165) is 12.3 Å². The number of aromatic hydroxyl groups is 1. The number of fused-ring (bicyclic) bond motifs is 1. The topological polar surface area (TPSA) is 216 Å². The number of carbonyl (C=O) groups excluding carboxylic acids is 1. The van der Waals surface area contributed by atoms with E-state index >= 15 is 0 Å². The normalized spacial score (nSPS) is 41.4. The van der Waals surface area contributed by atoms with Gasteiger partial charge in [0.05, 0.1) is 24.9 Å². The predicted molar refractivity (Wildman–Crippen MR) is 121 cm³/mol. The number of esters is 1. The van der Waals surface area contributed by atoms with Crippen LogP contribution in [0.2, 0.25) is 0 Å². The molecule has 1 aromatic rings. The zero-order valence-electron chi connectivity index (χ0n) is 19.4. The lowest BCUT2D eigenvalue weighted by Gasteiger charge is -2.44. The molecule has 1 aromatic carbocycles. The van der Waals surface area contributed by atoms with Crippen molar-refractivity contribution in [1.82, 2.24) is 0 Å². The minimum atomic E-state index is -2.27. The predicted octanol–water partition coefficient (Wildman–Crippen LogP) is -2.67. The maximum Gasteiger partial charge on any atom is 0.330 e. The van der Waals surface area contributed by atoms with Gasteiger partial charge in [-0.2, -0.15) is 0 Å². The van der Waals surface area contributed by atoms with Crippen molar-refractivity contribution in [2.24, 2.45) is 11.8 Å². The highest BCUT2D eigenvalue weighted by Crippen LogP contribution is 2.47. The molecule has 204 valence electrons. The third-order valence-corrected chi connectivity index (χ3v) is 6.90. The van der Waals surface area contributed by atoms with Crippen molar-refractivity contribution in [3.05, 3.63) is 48.2 Å². The third-order valence-electron chi connectivity index (χ3n) is 6.90. The van der Waals surface area contributed by atoms with E-state index in [1.54, 1.807) is 12.1 Å². The molecule has 37 heavy (non-hydrogen) atoms. The Labute approximate surface area is 211 Å². The minimum absolute atomic E-state index is 0.0505. The molecule has 0 amide bonds. The van der Waals surface area contributed by atoms with Crippen molar-refractivity contribution >= 4 is 12.0 Å². The van der Waals surface area contributed by atoms with Gasteiger partial charge in [-0.25, -0.2) is 4.79 Å². The Balaban J connectivity index is 1.48. The van der Waals surface area contributed by atoms with Crippen LogP contribution in [0.5, 0.6) is 5.75 Å². The fourth-order valence-electron chi connectivity index (χ4n) is 4.79. The Morgan fingerprint density at radius 2 is 1.70 bits per heavy atom. The number of phenolic OH excluding ortho intramolecular Hbond substituents is 1. The smallest absolute Gasteiger partial charge is 0.330 e. The molecule has 13 heteroatoms. The van der Waals surface area contributed by atoms with Crippen LogP contribution in [0.4, 0.5) is 0 Å². The second-order valence-corrected chi connectivity index (χ2v) is 9.23. The van der Waals surface area contributed by atoms with Crippen LogP contribution in [0.3, 0.4) is 0 Å². The molecule has 2 fully saturated rings. The van der Waals surface area contributed by atoms with Crippen LogP contribution in [-0.2, 0) is 23.7 Å². The van der Waals surface area contributed by atoms with E-state index in [4.69, 9.17) is 18.9 Å². The summed E-state index contributed by atoms with van der Waals surface area (Å²) in [6, 6.07) is 5.97. The van der Waals surface area contributed by atoms with Crippen LogP contribution in [0.1, 0.15) is 5.56 Å². The molecule has 0 spiro atoms. The number of hydrogen-bond acceptors (Lipinski definition) is 13. The molecular weight excluding hydrogens is 496 g/mol. The summed E-state index contributed by atoms with van der Waals surface area (Å²) < 4.78 is 21.5. The van der Waals surface area contributed by atoms with Crippen molar-refractivity contribution in [1.29, 1.82) is 0 Å². The SMILES string of the molecule is O=C(C=Cc1ccc(O)cc1)OCC1(O)C(O)C(O)C2C=COC(OC3OC(CO)C(O)C(O)C3O)C21. The van der Waals surface area contributed by atoms with E-state index in [-0.39, 0.29) is 5.75 Å². The molecule has 8 N–H and O–H groups in total. The first-order valence-electron chi connectivity index (χ1n) is 11.6. The van der Waals surface area contributed by atoms with Crippen LogP contribution < -0.4 is 0 Å². The fraction of sp³-hybridized carbons (Fsp3) is 0.542. The van der Waals surface area contributed by atoms with E-state index in [1.807, 2.05) is 0 Å². The Kier molecular flexibility index (Phi) is 8.18. The quantitative estimate of drug-likeness (QED) is 0.135. The van der Waals surface area contributed by atoms with E-state index in [2.05, 4.69) is 0 Å². The number of aliphatic hydroxyl groups excluding tert-OH is 6. The van der Waals surface area contributed by atoms with E-state index < -0.39 is 85.8 Å². The first-order valence-corrected chi connectivity index (χ1v) is 11.6. The molecule has 2 heterocycles. The van der Waals surface area contributed by atoms with Gasteiger partial charge in [-0.15, -0.1) is 0 Å². The second-order valence-electron chi connectivity index (χ2n) is 9.23. The monoisotopic (exact) mass is 526 g/mol. The van der Waals surface area contributed by atoms with Gasteiger partial charge in [0.1, 0.15) is 48.5 Å². The van der Waals surface area contributed by atoms with Gasteiger partial charge in [-0.3, -0.25) is 0 Å². The average molecular weight is 526 g/mol. The maximum atomic E-state index is 12.3. The highest BCUT2D eigenvalue weighted by molar-refractivity contribution is 5.87. The van der Waals surface area contributed by atoms with Gasteiger partial charge in [0, 0.05) is 12.0 Å². The first-order chi connectivity index (χ1) is 17.6. The summed E-state index contributed by atoms with van der Waals surface area (Å²) >= 11 is 0. The summed E-state index contributed by atoms with van der Waals surface area (Å²) in [6.45, 7) is -1.46. The van der Waals surface area contributed by atoms with Crippen molar-refractivity contribution in [3.63, 3.8) is 0 Å². The van der Waals surface area contributed by atoms with Crippen LogP contribution in [0.15, 0.2) is 42.7 Å². The summed E-state index contributed by atoms with van der Waals surface area (Å²) in [5.74, 6) is -2.97. The molecule has 11 unspecified atom stereocenters. The van der Waals surface area contributed by atoms with Gasteiger partial charge < -0.3 is 59.8 Å². The van der Waals surface area contributed by atoms with Crippen LogP contribution in [0.25, 0.3) is 6.08 Å². The number of hydrogen-bond donors (Lipinski definition) is 8. The third kappa shape index (κ3) is 5.36. The van der Waals surface area contributed by atoms with Crippen molar-refractivity contribution in [2.75, 3.05) is 13.2 Å². The Morgan fingerprint density at radius 1 is 1.00 bits per heavy atom. The van der Waals surface area contributed by atoms with Gasteiger partial charge >= 0.3 is 5.97 Å². The summed E-state index contributed by atoms with van der Waals surface area (Å²) in [5.41, 5.74) is -1.68. The molecule has 11 atom stereocenters. The highest BCUT2D eigenvalue weighted by atomic mass is 16.8. The van der Waals surface area contributed by atoms with Crippen molar-refractivity contribution in [2.45, 2.75) is 54.8 Å². The zero-order valence-corrected chi connectivity index (χ0v) is 19.4. The lowest BCUT2D eigenvalue weighted by atomic mass is 9.83. The fourth-order valence-corrected chi connectivity index (χ4v) is 4.79. The number of aliphatic hydroxyl groups is 7. The van der Waals surface area contributed by atoms with Gasteiger partial charge in [-0.05, 0) is 29.8 Å². The number of ether oxygens (including phenoxy) is 4. The Morgan fingerprint density at radius 3 is 2.38 bits per heavy atom. The van der Waals surface area contributed by atoms with E-state index in [0.29, 0.717) is 5.56 Å². The standard InChI is InChI=1S/C24H30O13/c25-9-14-18(29)19(30)20(31)23(36-14)37-22-16-13(7-8-34-22)17(28)21(32)24(16,33)10-35-15(27)6-3-11-1-4-12(26)5-2-11/h1-8,13-14,16-23,25-26,28-33H,9-10H2. The molecule has 2 aliphatic heterocycles. The summed E-state index contributed by atoms with van der Waals surface area (Å²) in [4.78, 5) is 12.3. The molecule has 1 saturated carbocycles. The van der Waals surface area contributed by atoms with Crippen molar-refractivity contribution < 1.29 is 64.6 Å². The van der Waals surface area contributed by atoms with Crippen molar-refractivity contribution in [3.8, 4) is 5.75 Å². The van der Waals surface area contributed by atoms with E-state index in [1.165, 1.54) is 24.3 Å². The summed E-state index contributed by atoms with van der Waals surface area (Å²) in [7, 11) is 0. The molecule has 0 radical (unpaired) electrons. The zero-order chi connectivity index (χ0) is 26.9. The van der Waals surface area contributed by atoms with Gasteiger partial charge in [-0.1, -0.05) is 12.1 Å². The molecular formula is C24H30O13. The molecule has 1 saturated heterocycles. The first kappa shape index (κ1) is 27.4. The number of phenols is 1. The Hall–Kier alpha value is -2.59. The lowest BCUT2D eigenvalue weighted by Crippen LogP contribution is -2.61. The minimum Gasteiger partial charge on any atom is -0.508 e. The van der Waals surface area contributed by atoms with Crippen LogP contribution in [0, 0.1) is 11.8 Å². The Bertz CT molecular complexity index is 995. The van der Waals surface area contributed by atoms with Crippen LogP contribution in [-0.4, -0.2) is 115 Å². The largest absolute Gasteiger partial charge is 0.508 e. The molecule has 1 aliphatic carbocycles. The summed E-state index contributed by atoms with van der Waals surface area (Å²) in [5, 5.41) is 81.6. The van der Waals surface area contributed by atoms with Gasteiger partial charge in [0.2, 0.25) is 6.29 Å². The number of carbonyl (C=O) groups is 1. The van der Waals surface area contributed by atoms with E-state index in [9.17, 15) is 45.6 Å². The second kappa shape index (κ2) is 11.0. The molecule has 13 nitrogen and oxygen atoms in total. The number of rotatable bonds is 7. The highest BCUT2D eigenvalue weighted by Gasteiger charge is 2.64. The van der Waals surface area contributed by atoms with Crippen LogP contribution >= 0.6 is 0 Å². The van der Waals surface area contributed by atoms with Gasteiger partial charge in [0.15, 0.2) is 6.29 Å². The molecule has 3 aliphatic rings. The molecule has 0 bridgehead atoms. The summed E-state index contributed by atoms with van der Waals surface area (Å²) in [6.07, 6.45) is -7.74. The molecule has 0 aromatic heterocycles. The molecule has 4 rings (SSSR count). The average Bonchev–Trinajstić information content (AvgIpc) is 3.09.